The first-order valence-corrected chi connectivity index (χ1v) is 5.11. The van der Waals surface area contributed by atoms with Gasteiger partial charge in [0.15, 0.2) is 12.0 Å². The Bertz CT molecular complexity index is 397. The Labute approximate surface area is 96.0 Å². The van der Waals surface area contributed by atoms with Crippen molar-refractivity contribution in [2.45, 2.75) is 20.8 Å². The molecule has 1 heterocycles. The number of nitrogens with zero attached hydrogens (tertiary/aromatic N) is 3. The molecule has 1 aromatic rings. The standard InChI is InChI=1S/C12H16N4/c1-12(2,3)8-16(9-13)11(14)10-6-4-5-7-15-10/h4-7,14H,8H2,1-3H3. The van der Waals surface area contributed by atoms with Gasteiger partial charge in [-0.05, 0) is 17.5 Å². The van der Waals surface area contributed by atoms with Crippen LogP contribution < -0.4 is 0 Å². The summed E-state index contributed by atoms with van der Waals surface area (Å²) in [5.74, 6) is 0.151. The van der Waals surface area contributed by atoms with Gasteiger partial charge in [-0.3, -0.25) is 15.3 Å². The second-order valence-electron chi connectivity index (χ2n) is 4.81. The summed E-state index contributed by atoms with van der Waals surface area (Å²) in [7, 11) is 0. The summed E-state index contributed by atoms with van der Waals surface area (Å²) in [6, 6.07) is 5.33. The Hall–Kier alpha value is -1.89. The van der Waals surface area contributed by atoms with Crippen LogP contribution in [0.15, 0.2) is 24.4 Å². The van der Waals surface area contributed by atoms with Crippen LogP contribution in [0.1, 0.15) is 26.5 Å². The van der Waals surface area contributed by atoms with Crippen LogP contribution in [0, 0.1) is 22.3 Å². The molecule has 0 aromatic carbocycles. The first-order valence-electron chi connectivity index (χ1n) is 5.11. The topological polar surface area (TPSA) is 63.8 Å². The van der Waals surface area contributed by atoms with Crippen LogP contribution >= 0.6 is 0 Å². The van der Waals surface area contributed by atoms with Gasteiger partial charge in [-0.2, -0.15) is 5.26 Å². The Morgan fingerprint density at radius 3 is 2.62 bits per heavy atom. The second-order valence-corrected chi connectivity index (χ2v) is 4.81. The van der Waals surface area contributed by atoms with Crippen LogP contribution in [0.5, 0.6) is 0 Å². The lowest BCUT2D eigenvalue weighted by molar-refractivity contribution is 0.329. The van der Waals surface area contributed by atoms with Gasteiger partial charge < -0.3 is 0 Å². The van der Waals surface area contributed by atoms with Gasteiger partial charge in [-0.1, -0.05) is 26.8 Å². The summed E-state index contributed by atoms with van der Waals surface area (Å²) in [5.41, 5.74) is 0.491. The number of hydrogen-bond acceptors (Lipinski definition) is 3. The van der Waals surface area contributed by atoms with Crippen LogP contribution in [0.25, 0.3) is 0 Å². The van der Waals surface area contributed by atoms with E-state index in [4.69, 9.17) is 10.7 Å². The van der Waals surface area contributed by atoms with E-state index in [9.17, 15) is 0 Å². The second kappa shape index (κ2) is 4.75. The van der Waals surface area contributed by atoms with Crippen molar-refractivity contribution in [1.82, 2.24) is 9.88 Å². The van der Waals surface area contributed by atoms with Crippen LogP contribution in [-0.2, 0) is 0 Å². The van der Waals surface area contributed by atoms with Gasteiger partial charge >= 0.3 is 0 Å². The van der Waals surface area contributed by atoms with E-state index < -0.39 is 0 Å². The molecule has 0 spiro atoms. The number of nitriles is 1. The minimum atomic E-state index is -0.0309. The van der Waals surface area contributed by atoms with E-state index in [0.717, 1.165) is 0 Å². The molecule has 0 amide bonds. The fraction of sp³-hybridized carbons (Fsp3) is 0.417. The third kappa shape index (κ3) is 3.35. The Morgan fingerprint density at radius 1 is 1.50 bits per heavy atom. The molecular formula is C12H16N4. The van der Waals surface area contributed by atoms with Gasteiger partial charge in [0.25, 0.3) is 0 Å². The molecule has 0 saturated carbocycles. The maximum absolute atomic E-state index is 9.03. The molecule has 0 aliphatic carbocycles. The van der Waals surface area contributed by atoms with Crippen LogP contribution in [0.3, 0.4) is 0 Å². The number of rotatable bonds is 2. The number of nitrogens with one attached hydrogen (secondary N) is 1. The highest BCUT2D eigenvalue weighted by molar-refractivity contribution is 5.95. The van der Waals surface area contributed by atoms with Gasteiger partial charge in [-0.25, -0.2) is 0 Å². The zero-order chi connectivity index (χ0) is 12.2. The number of pyridine rings is 1. The summed E-state index contributed by atoms with van der Waals surface area (Å²) in [6.45, 7) is 6.61. The van der Waals surface area contributed by atoms with Crippen LogP contribution in [0.2, 0.25) is 0 Å². The monoisotopic (exact) mass is 216 g/mol. The molecule has 1 aromatic heterocycles. The molecule has 0 bridgehead atoms. The minimum absolute atomic E-state index is 0.0309. The lowest BCUT2D eigenvalue weighted by Crippen LogP contribution is -2.34. The molecule has 1 rings (SSSR count). The third-order valence-corrected chi connectivity index (χ3v) is 1.93. The van der Waals surface area contributed by atoms with E-state index in [1.54, 1.807) is 18.3 Å². The van der Waals surface area contributed by atoms with E-state index >= 15 is 0 Å². The number of amidine groups is 1. The fourth-order valence-electron chi connectivity index (χ4n) is 1.28. The minimum Gasteiger partial charge on any atom is -0.282 e. The maximum atomic E-state index is 9.03. The Balaban J connectivity index is 2.84. The molecule has 84 valence electrons. The molecule has 4 nitrogen and oxygen atoms in total. The van der Waals surface area contributed by atoms with Crippen molar-refractivity contribution in [2.24, 2.45) is 5.41 Å². The highest BCUT2D eigenvalue weighted by Gasteiger charge is 2.19. The summed E-state index contributed by atoms with van der Waals surface area (Å²) >= 11 is 0. The zero-order valence-electron chi connectivity index (χ0n) is 9.86. The molecule has 0 radical (unpaired) electrons. The van der Waals surface area contributed by atoms with Crippen LogP contribution in [-0.4, -0.2) is 22.3 Å². The van der Waals surface area contributed by atoms with Crippen LogP contribution in [0.4, 0.5) is 0 Å². The number of hydrogen-bond donors (Lipinski definition) is 1. The SMILES string of the molecule is CC(C)(C)CN(C#N)C(=N)c1ccccn1. The molecule has 0 aliphatic rings. The van der Waals surface area contributed by atoms with Gasteiger partial charge in [0.05, 0.1) is 0 Å². The predicted octanol–water partition coefficient (Wildman–Crippen LogP) is 2.24. The Morgan fingerprint density at radius 2 is 2.19 bits per heavy atom. The van der Waals surface area contributed by atoms with Gasteiger partial charge in [0.1, 0.15) is 5.69 Å². The quantitative estimate of drug-likeness (QED) is 0.357. The average molecular weight is 216 g/mol. The van der Waals surface area contributed by atoms with Crippen molar-refractivity contribution in [3.8, 4) is 6.19 Å². The summed E-state index contributed by atoms with van der Waals surface area (Å²) in [4.78, 5) is 5.42. The first kappa shape index (κ1) is 12.2. The zero-order valence-corrected chi connectivity index (χ0v) is 9.86. The van der Waals surface area contributed by atoms with E-state index in [1.807, 2.05) is 33.0 Å². The van der Waals surface area contributed by atoms with E-state index in [1.165, 1.54) is 4.90 Å². The van der Waals surface area contributed by atoms with E-state index in [0.29, 0.717) is 12.2 Å². The normalized spacial score (nSPS) is 10.6. The molecule has 0 aliphatic heterocycles. The highest BCUT2D eigenvalue weighted by Crippen LogP contribution is 2.15. The lowest BCUT2D eigenvalue weighted by Gasteiger charge is -2.25. The maximum Gasteiger partial charge on any atom is 0.185 e. The smallest absolute Gasteiger partial charge is 0.185 e. The average Bonchev–Trinajstić information content (AvgIpc) is 2.25. The van der Waals surface area contributed by atoms with E-state index in [2.05, 4.69) is 4.98 Å². The van der Waals surface area contributed by atoms with Gasteiger partial charge in [0, 0.05) is 12.7 Å². The van der Waals surface area contributed by atoms with Crippen molar-refractivity contribution < 1.29 is 0 Å². The summed E-state index contributed by atoms with van der Waals surface area (Å²) in [5, 5.41) is 16.9. The summed E-state index contributed by atoms with van der Waals surface area (Å²) in [6.07, 6.45) is 3.65. The van der Waals surface area contributed by atoms with Crippen molar-refractivity contribution >= 4 is 5.84 Å². The molecule has 0 fully saturated rings. The van der Waals surface area contributed by atoms with Crippen molar-refractivity contribution in [2.75, 3.05) is 6.54 Å². The highest BCUT2D eigenvalue weighted by atomic mass is 15.2. The molecule has 0 unspecified atom stereocenters. The predicted molar refractivity (Wildman–Crippen MR) is 62.8 cm³/mol. The largest absolute Gasteiger partial charge is 0.282 e. The molecule has 16 heavy (non-hydrogen) atoms. The van der Waals surface area contributed by atoms with Gasteiger partial charge in [-0.15, -0.1) is 0 Å². The van der Waals surface area contributed by atoms with E-state index in [-0.39, 0.29) is 11.3 Å². The molecule has 4 heteroatoms. The fourth-order valence-corrected chi connectivity index (χ4v) is 1.28. The van der Waals surface area contributed by atoms with Crippen molar-refractivity contribution in [3.05, 3.63) is 30.1 Å². The molecule has 1 N–H and O–H groups in total. The lowest BCUT2D eigenvalue weighted by atomic mass is 9.96. The Kier molecular flexibility index (Phi) is 3.62. The molecular weight excluding hydrogens is 200 g/mol. The van der Waals surface area contributed by atoms with Gasteiger partial charge in [0.2, 0.25) is 0 Å². The molecule has 0 saturated heterocycles. The van der Waals surface area contributed by atoms with Crippen molar-refractivity contribution in [1.29, 1.82) is 10.7 Å². The summed E-state index contributed by atoms with van der Waals surface area (Å²) < 4.78 is 0. The molecule has 0 atom stereocenters. The third-order valence-electron chi connectivity index (χ3n) is 1.93. The first-order chi connectivity index (χ1) is 7.44. The van der Waals surface area contributed by atoms with Crippen molar-refractivity contribution in [3.63, 3.8) is 0 Å². The number of aromatic nitrogens is 1.